The molecule has 14 atom stereocenters. The maximum atomic E-state index is 15.3. The van der Waals surface area contributed by atoms with Crippen molar-refractivity contribution < 1.29 is 76.2 Å². The molecule has 32 nitrogen and oxygen atoms in total. The molecule has 4 heterocycles. The van der Waals surface area contributed by atoms with Crippen molar-refractivity contribution in [3.05, 3.63) is 205 Å². The second kappa shape index (κ2) is 49.8. The van der Waals surface area contributed by atoms with E-state index >= 15 is 19.2 Å². The van der Waals surface area contributed by atoms with Gasteiger partial charge in [-0.1, -0.05) is 249 Å². The number of benzene rings is 6. The van der Waals surface area contributed by atoms with Crippen LogP contribution >= 0.6 is 0 Å². The van der Waals surface area contributed by atoms with Gasteiger partial charge in [0.1, 0.15) is 79.2 Å². The summed E-state index contributed by atoms with van der Waals surface area (Å²) in [6, 6.07) is 37.7. The van der Waals surface area contributed by atoms with Crippen molar-refractivity contribution in [2.75, 3.05) is 13.2 Å². The standard InChI is InChI=1S/C105H142N16O16Si/c1-60(2)50-81(113-92(122)68(15)112-104(134)135-59-69-34-22-19-23-35-69)96(126)111-67(14)93(123)119-90(64(9)10)102(132)121-91(65(11)12)103(133)120-89(63(7)8)101(131)118-86(55-72-58-109-80-45-33-30-42-77(72)80)99(129)114-82(51-61(3)4)95(125)110-66(13)87-46-47-88(137-87)100(130)117-85(54-71-57-108-79-44-32-29-41-76(71)79)98(128)115-83(52-62(5)6)97(127)116-84(53-70-56-107-78-43-31-28-40-75(70)78)94(124)106-48-49-136-138(105(16,17)18,73-36-24-20-25-37-73)74-38-26-21-27-39-74/h19-45,56-58,60-68,81-91,107-109H,46-55,59H2,1-18H3,(H,106,124)(H,110,125)(H,111,126)(H,112,134)(H,113,122)(H,114,129)(H,115,128)(H,116,127)(H,117,130)(H,118,131)(H,119,123)(H,120,133)(H,121,132)/t66-,67-,68-,81+,82+,83+,84-,85-,86-,87-,88+,89+,90+,91-/m0/s1. The Balaban J connectivity index is 0.785. The van der Waals surface area contributed by atoms with Gasteiger partial charge in [-0.25, -0.2) is 4.79 Å². The van der Waals surface area contributed by atoms with Crippen LogP contribution in [0.3, 0.4) is 0 Å². The molecule has 0 aliphatic carbocycles. The highest BCUT2D eigenvalue weighted by Gasteiger charge is 2.51. The van der Waals surface area contributed by atoms with Gasteiger partial charge in [-0.05, 0) is 144 Å². The molecule has 1 aliphatic heterocycles. The number of aromatic nitrogens is 3. The summed E-state index contributed by atoms with van der Waals surface area (Å²) in [4.78, 5) is 198. The Bertz CT molecular complexity index is 5600. The summed E-state index contributed by atoms with van der Waals surface area (Å²) >= 11 is 0. The number of ether oxygens (including phenoxy) is 2. The van der Waals surface area contributed by atoms with E-state index in [-0.39, 0.29) is 93.9 Å². The molecule has 0 bridgehead atoms. The van der Waals surface area contributed by atoms with E-state index in [4.69, 9.17) is 13.9 Å². The molecule has 3 aromatic heterocycles. The van der Waals surface area contributed by atoms with E-state index in [1.807, 2.05) is 163 Å². The lowest BCUT2D eigenvalue weighted by Gasteiger charge is -2.43. The van der Waals surface area contributed by atoms with Crippen molar-refractivity contribution >= 4 is 128 Å². The fourth-order valence-electron chi connectivity index (χ4n) is 17.6. The van der Waals surface area contributed by atoms with Crippen LogP contribution in [-0.2, 0) is 97.3 Å². The molecule has 0 radical (unpaired) electrons. The van der Waals surface area contributed by atoms with Crippen LogP contribution in [0.4, 0.5) is 4.79 Å². The van der Waals surface area contributed by atoms with Gasteiger partial charge in [0.25, 0.3) is 8.32 Å². The van der Waals surface area contributed by atoms with Crippen molar-refractivity contribution in [1.29, 1.82) is 0 Å². The molecule has 742 valence electrons. The Kier molecular flexibility index (Phi) is 38.7. The zero-order valence-electron chi connectivity index (χ0n) is 82.7. The average molecular weight is 1910 g/mol. The van der Waals surface area contributed by atoms with Crippen molar-refractivity contribution in [2.24, 2.45) is 35.5 Å². The maximum Gasteiger partial charge on any atom is 0.408 e. The molecule has 33 heteroatoms. The van der Waals surface area contributed by atoms with Gasteiger partial charge in [-0.2, -0.15) is 0 Å². The Morgan fingerprint density at radius 1 is 0.370 bits per heavy atom. The monoisotopic (exact) mass is 1910 g/mol. The average Bonchev–Trinajstić information content (AvgIpc) is 1.37. The predicted octanol–water partition coefficient (Wildman–Crippen LogP) is 9.19. The lowest BCUT2D eigenvalue weighted by Crippen LogP contribution is -2.67. The van der Waals surface area contributed by atoms with Crippen LogP contribution in [0.15, 0.2) is 182 Å². The molecule has 1 saturated heterocycles. The van der Waals surface area contributed by atoms with Crippen LogP contribution in [0.25, 0.3) is 32.7 Å². The van der Waals surface area contributed by atoms with Crippen molar-refractivity contribution in [3.8, 4) is 0 Å². The third-order valence-corrected chi connectivity index (χ3v) is 30.1. The van der Waals surface area contributed by atoms with E-state index < -0.39 is 188 Å². The van der Waals surface area contributed by atoms with E-state index in [1.54, 1.807) is 85.1 Å². The quantitative estimate of drug-likeness (QED) is 0.0125. The number of carbonyl (C=O) groups excluding carboxylic acids is 13. The Morgan fingerprint density at radius 2 is 0.710 bits per heavy atom. The highest BCUT2D eigenvalue weighted by Crippen LogP contribution is 2.37. The lowest BCUT2D eigenvalue weighted by atomic mass is 9.97. The number of fused-ring (bicyclic) bond motifs is 3. The van der Waals surface area contributed by atoms with E-state index in [0.717, 1.165) is 54.2 Å². The van der Waals surface area contributed by atoms with Crippen molar-refractivity contribution in [2.45, 2.75) is 272 Å². The number of alkyl carbamates (subject to hydrolysis) is 1. The molecule has 6 aromatic carbocycles. The van der Waals surface area contributed by atoms with E-state index in [9.17, 15) is 43.2 Å². The number of hydrogen-bond donors (Lipinski definition) is 16. The third-order valence-electron chi connectivity index (χ3n) is 25.1. The summed E-state index contributed by atoms with van der Waals surface area (Å²) in [6.45, 7) is 32.7. The maximum absolute atomic E-state index is 15.3. The summed E-state index contributed by atoms with van der Waals surface area (Å²) in [7, 11) is -3.00. The molecule has 0 saturated carbocycles. The fraction of sp³-hybridized carbons (Fsp3) is 0.476. The summed E-state index contributed by atoms with van der Waals surface area (Å²) in [6.07, 6.45) is 3.51. The third kappa shape index (κ3) is 29.3. The minimum absolute atomic E-state index is 0.0168. The molecule has 0 unspecified atom stereocenters. The molecule has 13 amide bonds. The van der Waals surface area contributed by atoms with Crippen LogP contribution < -0.4 is 79.5 Å². The van der Waals surface area contributed by atoms with Crippen molar-refractivity contribution in [3.63, 3.8) is 0 Å². The summed E-state index contributed by atoms with van der Waals surface area (Å²) in [5.41, 5.74) is 5.26. The smallest absolute Gasteiger partial charge is 0.408 e. The van der Waals surface area contributed by atoms with Crippen LogP contribution in [0.1, 0.15) is 179 Å². The van der Waals surface area contributed by atoms with Crippen LogP contribution in [0, 0.1) is 35.5 Å². The van der Waals surface area contributed by atoms with E-state index in [2.05, 4.69) is 129 Å². The molecular formula is C105H142N16O16Si. The number of carbonyl (C=O) groups is 13. The minimum atomic E-state index is -3.00. The Morgan fingerprint density at radius 3 is 1.14 bits per heavy atom. The first kappa shape index (κ1) is 107. The van der Waals surface area contributed by atoms with Gasteiger partial charge >= 0.3 is 6.09 Å². The molecule has 16 N–H and O–H groups in total. The number of nitrogens with one attached hydrogen (secondary N) is 16. The number of rotatable bonds is 48. The van der Waals surface area contributed by atoms with E-state index in [0.29, 0.717) is 11.1 Å². The second-order valence-corrected chi connectivity index (χ2v) is 43.9. The van der Waals surface area contributed by atoms with Crippen molar-refractivity contribution in [1.82, 2.24) is 84.1 Å². The first-order valence-electron chi connectivity index (χ1n) is 48.2. The molecule has 138 heavy (non-hydrogen) atoms. The normalized spacial score (nSPS) is 16.1. The Labute approximate surface area is 809 Å². The molecular weight excluding hydrogens is 1770 g/mol. The molecule has 0 spiro atoms. The van der Waals surface area contributed by atoms with Crippen LogP contribution in [-0.4, -0.2) is 198 Å². The minimum Gasteiger partial charge on any atom is -0.445 e. The zero-order chi connectivity index (χ0) is 100. The SMILES string of the molecule is CC(C)C[C@@H](NC(=O)[C@H](C)NC(=O)OCc1ccccc1)C(=O)N[C@@H](C)C(=O)N[C@@H](C(=O)N[C@H](C(=O)N[C@@H](C(=O)N[C@@H](Cc1c[nH]c2ccccc12)C(=O)N[C@H](CC(C)C)C(=O)N[C@@H](C)[C@@H]1CC[C@H](C(=O)N[C@@H](Cc2c[nH]c3ccccc23)C(=O)N[C@H](CC(C)C)C(=O)N[C@@H](Cc2c[nH]c3ccccc23)C(=O)NCCO[Si](c2ccccc2)(c2ccccc2)C(C)(C)C)O1)C(C)C)C(C)C)C(C)C. The van der Waals surface area contributed by atoms with Gasteiger partial charge in [0, 0.05) is 77.1 Å². The van der Waals surface area contributed by atoms with Gasteiger partial charge in [-0.3, -0.25) is 57.5 Å². The molecule has 9 aromatic rings. The second-order valence-electron chi connectivity index (χ2n) is 39.6. The lowest BCUT2D eigenvalue weighted by molar-refractivity contribution is -0.138. The molecule has 1 aliphatic rings. The number of hydrogen-bond acceptors (Lipinski definition) is 16. The van der Waals surface area contributed by atoms with Crippen LogP contribution in [0.2, 0.25) is 5.04 Å². The van der Waals surface area contributed by atoms with Gasteiger partial charge in [0.15, 0.2) is 0 Å². The van der Waals surface area contributed by atoms with Gasteiger partial charge in [-0.15, -0.1) is 0 Å². The molecule has 1 fully saturated rings. The van der Waals surface area contributed by atoms with E-state index in [1.165, 1.54) is 13.8 Å². The first-order valence-corrected chi connectivity index (χ1v) is 50.1. The topological polar surface area (TPSA) is 453 Å². The number of amides is 13. The highest BCUT2D eigenvalue weighted by atomic mass is 28.4. The summed E-state index contributed by atoms with van der Waals surface area (Å²) in [5, 5.41) is 41.4. The zero-order valence-corrected chi connectivity index (χ0v) is 83.7. The van der Waals surface area contributed by atoms with Crippen LogP contribution in [0.5, 0.6) is 0 Å². The number of aromatic amines is 3. The van der Waals surface area contributed by atoms with Gasteiger partial charge in [0.05, 0.1) is 18.8 Å². The number of para-hydroxylation sites is 3. The Hall–Kier alpha value is -13.0. The number of H-pyrrole nitrogens is 3. The van der Waals surface area contributed by atoms with Gasteiger partial charge in [0.2, 0.25) is 70.9 Å². The largest absolute Gasteiger partial charge is 0.445 e. The summed E-state index contributed by atoms with van der Waals surface area (Å²) in [5.74, 6) is -10.3. The molecule has 10 rings (SSSR count). The fourth-order valence-corrected chi connectivity index (χ4v) is 22.2. The highest BCUT2D eigenvalue weighted by molar-refractivity contribution is 6.99. The van der Waals surface area contributed by atoms with Gasteiger partial charge < -0.3 is 98.0 Å². The summed E-state index contributed by atoms with van der Waals surface area (Å²) < 4.78 is 18.9. The predicted molar refractivity (Wildman–Crippen MR) is 535 cm³/mol. The first-order chi connectivity index (χ1) is 65.6.